The first-order valence-corrected chi connectivity index (χ1v) is 18.4. The summed E-state index contributed by atoms with van der Waals surface area (Å²) in [6.07, 6.45) is 21.8. The van der Waals surface area contributed by atoms with Gasteiger partial charge in [0.2, 0.25) is 0 Å². The molecule has 1 unspecified atom stereocenters. The lowest BCUT2D eigenvalue weighted by molar-refractivity contribution is -0.138. The fourth-order valence-electron chi connectivity index (χ4n) is 4.69. The van der Waals surface area contributed by atoms with Crippen molar-refractivity contribution < 1.29 is 19.8 Å². The predicted octanol–water partition coefficient (Wildman–Crippen LogP) is 10.1. The fraction of sp³-hybridized carbons (Fsp3) is 0.629. The Morgan fingerprint density at radius 3 is 1.51 bits per heavy atom. The Hall–Kier alpha value is -2.26. The van der Waals surface area contributed by atoms with Gasteiger partial charge in [-0.05, 0) is 68.2 Å². The molecule has 0 bridgehead atoms. The molecule has 0 aliphatic carbocycles. The van der Waals surface area contributed by atoms with Crippen molar-refractivity contribution in [1.29, 1.82) is 0 Å². The van der Waals surface area contributed by atoms with Crippen LogP contribution in [-0.4, -0.2) is 51.8 Å². The molecule has 41 heavy (non-hydrogen) atoms. The number of hydrogen-bond donors (Lipinski definition) is 2. The first-order valence-electron chi connectivity index (χ1n) is 15.9. The van der Waals surface area contributed by atoms with Gasteiger partial charge in [0.05, 0.1) is 36.1 Å². The van der Waals surface area contributed by atoms with Gasteiger partial charge in [0.1, 0.15) is 0 Å². The lowest BCUT2D eigenvalue weighted by Crippen LogP contribution is -2.12. The third-order valence-corrected chi connectivity index (χ3v) is 12.4. The Morgan fingerprint density at radius 2 is 1.22 bits per heavy atom. The van der Waals surface area contributed by atoms with E-state index >= 15 is 0 Å². The van der Waals surface area contributed by atoms with Gasteiger partial charge in [-0.2, -0.15) is 0 Å². The summed E-state index contributed by atoms with van der Waals surface area (Å²) in [5.41, 5.74) is 2.36. The molecular formula is C35H59NO4P+. The molecule has 1 atom stereocenters. The Kier molecular flexibility index (Phi) is 22.0. The third-order valence-electron chi connectivity index (χ3n) is 7.35. The first kappa shape index (κ1) is 38.7. The number of aromatic carboxylic acids is 1. The number of hydrogen-bond acceptors (Lipinski definition) is 3. The normalized spacial score (nSPS) is 11.6. The first-order chi connectivity index (χ1) is 19.6. The SMILES string of the molecule is CC(C)Cc1ccc(C(C)C(=O)O)cc1.CCCC[P+](CCCC)(CCCC)CCCC.O=C(O)c1cccnc1. The minimum atomic E-state index is -0.942. The quantitative estimate of drug-likeness (QED) is 0.180. The summed E-state index contributed by atoms with van der Waals surface area (Å²) in [6.45, 7) is 15.5. The summed E-state index contributed by atoms with van der Waals surface area (Å²) in [6, 6.07) is 11.0. The number of carboxylic acid groups (broad SMARTS) is 2. The summed E-state index contributed by atoms with van der Waals surface area (Å²) in [7, 11) is -0.562. The van der Waals surface area contributed by atoms with Crippen LogP contribution in [0.15, 0.2) is 48.8 Å². The van der Waals surface area contributed by atoms with Crippen molar-refractivity contribution in [2.24, 2.45) is 5.92 Å². The number of carboxylic acids is 2. The molecule has 1 heterocycles. The van der Waals surface area contributed by atoms with E-state index in [1.54, 1.807) is 37.6 Å². The maximum Gasteiger partial charge on any atom is 0.337 e. The molecule has 232 valence electrons. The number of rotatable bonds is 17. The van der Waals surface area contributed by atoms with E-state index in [1.165, 1.54) is 75.4 Å². The van der Waals surface area contributed by atoms with Crippen molar-refractivity contribution >= 4 is 19.2 Å². The van der Waals surface area contributed by atoms with E-state index in [4.69, 9.17) is 10.2 Å². The zero-order valence-electron chi connectivity index (χ0n) is 27.1. The van der Waals surface area contributed by atoms with Crippen molar-refractivity contribution in [3.63, 3.8) is 0 Å². The van der Waals surface area contributed by atoms with Crippen LogP contribution >= 0.6 is 7.26 Å². The van der Waals surface area contributed by atoms with Gasteiger partial charge in [-0.15, -0.1) is 0 Å². The third kappa shape index (κ3) is 18.0. The smallest absolute Gasteiger partial charge is 0.337 e. The summed E-state index contributed by atoms with van der Waals surface area (Å²) in [5, 5.41) is 17.2. The van der Waals surface area contributed by atoms with Crippen LogP contribution in [-0.2, 0) is 11.2 Å². The van der Waals surface area contributed by atoms with Crippen LogP contribution in [0.25, 0.3) is 0 Å². The van der Waals surface area contributed by atoms with Gasteiger partial charge in [-0.3, -0.25) is 9.78 Å². The number of aromatic nitrogens is 1. The molecule has 0 spiro atoms. The van der Waals surface area contributed by atoms with Crippen LogP contribution < -0.4 is 0 Å². The monoisotopic (exact) mass is 588 g/mol. The van der Waals surface area contributed by atoms with Gasteiger partial charge in [-0.1, -0.05) is 91.5 Å². The van der Waals surface area contributed by atoms with Gasteiger partial charge in [0, 0.05) is 19.7 Å². The molecule has 2 aromatic rings. The zero-order chi connectivity index (χ0) is 31.1. The molecule has 1 aromatic heterocycles. The van der Waals surface area contributed by atoms with Crippen molar-refractivity contribution in [2.75, 3.05) is 24.6 Å². The maximum atomic E-state index is 10.8. The van der Waals surface area contributed by atoms with Gasteiger partial charge >= 0.3 is 11.9 Å². The number of carbonyl (C=O) groups is 2. The standard InChI is InChI=1S/C16H36P.C13H18O2.C6H5NO2/c1-5-9-13-17(14-10-6-2,15-11-7-3)16-12-8-4;1-9(2)8-11-4-6-12(7-5-11)10(3)13(14)15;8-6(9)5-2-1-3-7-4-5/h5-16H2,1-4H3;4-7,9-10H,8H2,1-3H3,(H,14,15);1-4H,(H,8,9)/q+1;;. The van der Waals surface area contributed by atoms with E-state index in [-0.39, 0.29) is 5.56 Å². The molecule has 0 saturated heterocycles. The Balaban J connectivity index is 0.000000610. The molecule has 6 heteroatoms. The molecule has 0 aliphatic heterocycles. The van der Waals surface area contributed by atoms with Crippen molar-refractivity contribution in [3.8, 4) is 0 Å². The number of nitrogens with zero attached hydrogens (tertiary/aromatic N) is 1. The number of unbranched alkanes of at least 4 members (excludes halogenated alkanes) is 4. The Morgan fingerprint density at radius 1 is 0.756 bits per heavy atom. The Bertz CT molecular complexity index is 893. The second-order valence-corrected chi connectivity index (χ2v) is 16.1. The van der Waals surface area contributed by atoms with Crippen LogP contribution in [0.1, 0.15) is 127 Å². The highest BCUT2D eigenvalue weighted by Crippen LogP contribution is 2.61. The van der Waals surface area contributed by atoms with Crippen LogP contribution in [0, 0.1) is 5.92 Å². The second-order valence-electron chi connectivity index (χ2n) is 11.6. The molecule has 0 amide bonds. The average molecular weight is 589 g/mol. The van der Waals surface area contributed by atoms with Crippen molar-refractivity contribution in [3.05, 3.63) is 65.5 Å². The van der Waals surface area contributed by atoms with E-state index in [0.29, 0.717) is 5.92 Å². The van der Waals surface area contributed by atoms with Crippen LogP contribution in [0.3, 0.4) is 0 Å². The molecular weight excluding hydrogens is 529 g/mol. The van der Waals surface area contributed by atoms with Crippen LogP contribution in [0.4, 0.5) is 0 Å². The lowest BCUT2D eigenvalue weighted by atomic mass is 9.97. The average Bonchev–Trinajstić information content (AvgIpc) is 2.97. The highest BCUT2D eigenvalue weighted by atomic mass is 31.2. The summed E-state index contributed by atoms with van der Waals surface area (Å²) >= 11 is 0. The maximum absolute atomic E-state index is 10.8. The molecule has 2 rings (SSSR count). The van der Waals surface area contributed by atoms with Crippen molar-refractivity contribution in [2.45, 2.75) is 112 Å². The predicted molar refractivity (Wildman–Crippen MR) is 178 cm³/mol. The second kappa shape index (κ2) is 23.3. The molecule has 0 aliphatic rings. The zero-order valence-corrected chi connectivity index (χ0v) is 28.0. The number of pyridine rings is 1. The topological polar surface area (TPSA) is 87.5 Å². The summed E-state index contributed by atoms with van der Waals surface area (Å²) < 4.78 is 0. The minimum absolute atomic E-state index is 0.220. The minimum Gasteiger partial charge on any atom is -0.481 e. The van der Waals surface area contributed by atoms with Crippen LogP contribution in [0.2, 0.25) is 0 Å². The largest absolute Gasteiger partial charge is 0.481 e. The number of aliphatic carboxylic acids is 1. The summed E-state index contributed by atoms with van der Waals surface area (Å²) in [5.74, 6) is -1.50. The molecule has 1 aromatic carbocycles. The molecule has 5 nitrogen and oxygen atoms in total. The van der Waals surface area contributed by atoms with E-state index in [0.717, 1.165) is 12.0 Å². The Labute approximate surface area is 251 Å². The van der Waals surface area contributed by atoms with Gasteiger partial charge < -0.3 is 10.2 Å². The van der Waals surface area contributed by atoms with E-state index < -0.39 is 25.1 Å². The van der Waals surface area contributed by atoms with Crippen molar-refractivity contribution in [1.82, 2.24) is 4.98 Å². The highest BCUT2D eigenvalue weighted by Gasteiger charge is 2.34. The lowest BCUT2D eigenvalue weighted by Gasteiger charge is -2.28. The van der Waals surface area contributed by atoms with E-state index in [2.05, 4.69) is 46.5 Å². The highest BCUT2D eigenvalue weighted by molar-refractivity contribution is 7.75. The molecule has 0 saturated carbocycles. The van der Waals surface area contributed by atoms with Crippen LogP contribution in [0.5, 0.6) is 0 Å². The van der Waals surface area contributed by atoms with Gasteiger partial charge in [0.25, 0.3) is 0 Å². The van der Waals surface area contributed by atoms with E-state index in [1.807, 2.05) is 24.3 Å². The molecule has 0 radical (unpaired) electrons. The fourth-order valence-corrected chi connectivity index (χ4v) is 9.98. The van der Waals surface area contributed by atoms with Gasteiger partial charge in [-0.25, -0.2) is 4.79 Å². The molecule has 0 fully saturated rings. The van der Waals surface area contributed by atoms with E-state index in [9.17, 15) is 9.59 Å². The summed E-state index contributed by atoms with van der Waals surface area (Å²) in [4.78, 5) is 24.5. The van der Waals surface area contributed by atoms with Gasteiger partial charge in [0.15, 0.2) is 0 Å². The molecule has 2 N–H and O–H groups in total. The number of benzene rings is 1.